The largest absolute Gasteiger partial charge is 0.379 e. The predicted octanol–water partition coefficient (Wildman–Crippen LogP) is -0.0553. The number of nitrogens with zero attached hydrogens (tertiary/aromatic N) is 1. The predicted molar refractivity (Wildman–Crippen MR) is 56.6 cm³/mol. The van der Waals surface area contributed by atoms with Gasteiger partial charge < -0.3 is 14.8 Å². The van der Waals surface area contributed by atoms with E-state index >= 15 is 0 Å². The van der Waals surface area contributed by atoms with Crippen molar-refractivity contribution in [2.75, 3.05) is 59.2 Å². The molecule has 0 radical (unpaired) electrons. The van der Waals surface area contributed by atoms with Crippen LogP contribution in [0.15, 0.2) is 0 Å². The number of hydrogen-bond donors (Lipinski definition) is 1. The van der Waals surface area contributed by atoms with Crippen molar-refractivity contribution in [2.45, 2.75) is 6.92 Å². The second-order valence-corrected chi connectivity index (χ2v) is 3.40. The van der Waals surface area contributed by atoms with E-state index < -0.39 is 0 Å². The maximum atomic E-state index is 5.45. The van der Waals surface area contributed by atoms with E-state index in [4.69, 9.17) is 9.47 Å². The van der Waals surface area contributed by atoms with Crippen LogP contribution in [0.3, 0.4) is 0 Å². The van der Waals surface area contributed by atoms with Crippen molar-refractivity contribution in [3.05, 3.63) is 0 Å². The standard InChI is InChI=1S/C10H22N2O2/c1-2-13-9-10-14-8-7-12-5-3-11-4-6-12/h11H,2-10H2,1H3. The first-order valence-electron chi connectivity index (χ1n) is 5.52. The summed E-state index contributed by atoms with van der Waals surface area (Å²) in [6.45, 7) is 10.6. The van der Waals surface area contributed by atoms with Crippen LogP contribution in [0.5, 0.6) is 0 Å². The van der Waals surface area contributed by atoms with Gasteiger partial charge >= 0.3 is 0 Å². The second kappa shape index (κ2) is 8.17. The molecule has 84 valence electrons. The van der Waals surface area contributed by atoms with Crippen molar-refractivity contribution < 1.29 is 9.47 Å². The van der Waals surface area contributed by atoms with Gasteiger partial charge in [0.2, 0.25) is 0 Å². The molecule has 1 fully saturated rings. The highest BCUT2D eigenvalue weighted by Gasteiger charge is 2.07. The van der Waals surface area contributed by atoms with Crippen LogP contribution >= 0.6 is 0 Å². The third kappa shape index (κ3) is 5.54. The van der Waals surface area contributed by atoms with Crippen molar-refractivity contribution in [2.24, 2.45) is 0 Å². The minimum atomic E-state index is 0.720. The molecule has 0 bridgehead atoms. The maximum Gasteiger partial charge on any atom is 0.0701 e. The van der Waals surface area contributed by atoms with Crippen molar-refractivity contribution in [3.63, 3.8) is 0 Å². The molecule has 1 aliphatic rings. The first-order chi connectivity index (χ1) is 6.93. The summed E-state index contributed by atoms with van der Waals surface area (Å²) in [7, 11) is 0. The lowest BCUT2D eigenvalue weighted by molar-refractivity contribution is 0.0415. The SMILES string of the molecule is CCOCCOCCN1CCNCC1. The quantitative estimate of drug-likeness (QED) is 0.587. The van der Waals surface area contributed by atoms with Crippen LogP contribution in [0.4, 0.5) is 0 Å². The number of hydrogen-bond acceptors (Lipinski definition) is 4. The molecule has 4 nitrogen and oxygen atoms in total. The molecule has 0 aromatic rings. The zero-order valence-corrected chi connectivity index (χ0v) is 9.13. The molecule has 0 atom stereocenters. The zero-order chi connectivity index (χ0) is 10.1. The van der Waals surface area contributed by atoms with E-state index in [-0.39, 0.29) is 0 Å². The molecule has 1 rings (SSSR count). The Labute approximate surface area is 86.6 Å². The molecule has 1 N–H and O–H groups in total. The van der Waals surface area contributed by atoms with E-state index in [9.17, 15) is 0 Å². The fourth-order valence-electron chi connectivity index (χ4n) is 1.49. The molecule has 0 saturated carbocycles. The molecule has 1 saturated heterocycles. The lowest BCUT2D eigenvalue weighted by atomic mass is 10.4. The van der Waals surface area contributed by atoms with Crippen LogP contribution in [0, 0.1) is 0 Å². The summed E-state index contributed by atoms with van der Waals surface area (Å²) in [6.07, 6.45) is 0. The molecular weight excluding hydrogens is 180 g/mol. The van der Waals surface area contributed by atoms with Gasteiger partial charge in [-0.15, -0.1) is 0 Å². The molecule has 0 spiro atoms. The summed E-state index contributed by atoms with van der Waals surface area (Å²) >= 11 is 0. The highest BCUT2D eigenvalue weighted by molar-refractivity contribution is 4.66. The van der Waals surface area contributed by atoms with E-state index in [0.717, 1.165) is 59.2 Å². The van der Waals surface area contributed by atoms with Crippen LogP contribution in [-0.2, 0) is 9.47 Å². The van der Waals surface area contributed by atoms with E-state index in [0.29, 0.717) is 0 Å². The van der Waals surface area contributed by atoms with Gasteiger partial charge in [0.25, 0.3) is 0 Å². The van der Waals surface area contributed by atoms with Gasteiger partial charge in [0.1, 0.15) is 0 Å². The molecule has 0 unspecified atom stereocenters. The third-order valence-corrected chi connectivity index (χ3v) is 2.34. The monoisotopic (exact) mass is 202 g/mol. The lowest BCUT2D eigenvalue weighted by Gasteiger charge is -2.26. The normalized spacial score (nSPS) is 18.6. The first kappa shape index (κ1) is 11.9. The van der Waals surface area contributed by atoms with E-state index in [1.165, 1.54) is 0 Å². The van der Waals surface area contributed by atoms with Crippen molar-refractivity contribution in [1.82, 2.24) is 10.2 Å². The molecule has 1 heterocycles. The summed E-state index contributed by atoms with van der Waals surface area (Å²) in [4.78, 5) is 2.43. The Kier molecular flexibility index (Phi) is 6.95. The van der Waals surface area contributed by atoms with Gasteiger partial charge in [-0.2, -0.15) is 0 Å². The van der Waals surface area contributed by atoms with Crippen molar-refractivity contribution in [3.8, 4) is 0 Å². The number of nitrogens with one attached hydrogen (secondary N) is 1. The van der Waals surface area contributed by atoms with Crippen LogP contribution in [-0.4, -0.2) is 64.1 Å². The van der Waals surface area contributed by atoms with Gasteiger partial charge in [-0.25, -0.2) is 0 Å². The Bertz CT molecular complexity index is 127. The Balaban J connectivity index is 1.82. The molecule has 14 heavy (non-hydrogen) atoms. The van der Waals surface area contributed by atoms with Crippen molar-refractivity contribution >= 4 is 0 Å². The average Bonchev–Trinajstić information content (AvgIpc) is 2.25. The van der Waals surface area contributed by atoms with Gasteiger partial charge in [0, 0.05) is 39.3 Å². The molecule has 1 aliphatic heterocycles. The molecule has 0 aromatic carbocycles. The zero-order valence-electron chi connectivity index (χ0n) is 9.13. The first-order valence-corrected chi connectivity index (χ1v) is 5.52. The second-order valence-electron chi connectivity index (χ2n) is 3.40. The van der Waals surface area contributed by atoms with Crippen molar-refractivity contribution in [1.29, 1.82) is 0 Å². The summed E-state index contributed by atoms with van der Waals surface area (Å²) in [5, 5.41) is 3.33. The minimum absolute atomic E-state index is 0.720. The van der Waals surface area contributed by atoms with Gasteiger partial charge in [-0.3, -0.25) is 4.90 Å². The highest BCUT2D eigenvalue weighted by atomic mass is 16.5. The van der Waals surface area contributed by atoms with Crippen LogP contribution in [0.2, 0.25) is 0 Å². The molecule has 4 heteroatoms. The van der Waals surface area contributed by atoms with E-state index in [1.807, 2.05) is 6.92 Å². The summed E-state index contributed by atoms with van der Waals surface area (Å²) in [6, 6.07) is 0. The van der Waals surface area contributed by atoms with Crippen LogP contribution < -0.4 is 5.32 Å². The molecule has 0 aromatic heterocycles. The number of rotatable bonds is 7. The Morgan fingerprint density at radius 3 is 2.50 bits per heavy atom. The highest BCUT2D eigenvalue weighted by Crippen LogP contribution is 1.91. The Morgan fingerprint density at radius 1 is 1.07 bits per heavy atom. The van der Waals surface area contributed by atoms with Gasteiger partial charge in [-0.05, 0) is 6.92 Å². The minimum Gasteiger partial charge on any atom is -0.379 e. The summed E-state index contributed by atoms with van der Waals surface area (Å²) in [5.41, 5.74) is 0. The van der Waals surface area contributed by atoms with E-state index in [2.05, 4.69) is 10.2 Å². The van der Waals surface area contributed by atoms with Gasteiger partial charge in [0.05, 0.1) is 19.8 Å². The number of ether oxygens (including phenoxy) is 2. The fourth-order valence-corrected chi connectivity index (χ4v) is 1.49. The van der Waals surface area contributed by atoms with Crippen LogP contribution in [0.1, 0.15) is 6.92 Å². The van der Waals surface area contributed by atoms with Gasteiger partial charge in [0.15, 0.2) is 0 Å². The average molecular weight is 202 g/mol. The van der Waals surface area contributed by atoms with E-state index in [1.54, 1.807) is 0 Å². The fraction of sp³-hybridized carbons (Fsp3) is 1.00. The molecule has 0 amide bonds. The maximum absolute atomic E-state index is 5.45. The smallest absolute Gasteiger partial charge is 0.0701 e. The van der Waals surface area contributed by atoms with Gasteiger partial charge in [-0.1, -0.05) is 0 Å². The summed E-state index contributed by atoms with van der Waals surface area (Å²) < 4.78 is 10.6. The third-order valence-electron chi connectivity index (χ3n) is 2.34. The summed E-state index contributed by atoms with van der Waals surface area (Å²) in [5.74, 6) is 0. The molecule has 0 aliphatic carbocycles. The Morgan fingerprint density at radius 2 is 1.79 bits per heavy atom. The Hall–Kier alpha value is -0.160. The number of piperazine rings is 1. The van der Waals surface area contributed by atoms with Crippen LogP contribution in [0.25, 0.3) is 0 Å². The molecular formula is C10H22N2O2. The topological polar surface area (TPSA) is 33.7 Å². The lowest BCUT2D eigenvalue weighted by Crippen LogP contribution is -2.44.